The van der Waals surface area contributed by atoms with E-state index in [1.165, 1.54) is 6.29 Å². The molecule has 0 fully saturated rings. The Morgan fingerprint density at radius 3 is 2.14 bits per heavy atom. The van der Waals surface area contributed by atoms with Crippen LogP contribution in [-0.2, 0) is 4.79 Å². The van der Waals surface area contributed by atoms with Gasteiger partial charge >= 0.3 is 51.4 Å². The first kappa shape index (κ1) is 15.7. The average Bonchev–Trinajstić information content (AvgIpc) is 1.41. The molecule has 0 saturated heterocycles. The van der Waals surface area contributed by atoms with E-state index in [1.807, 2.05) is 0 Å². The molecule has 3 nitrogen and oxygen atoms in total. The van der Waals surface area contributed by atoms with Crippen LogP contribution in [0.1, 0.15) is 0 Å². The molecule has 1 N–H and O–H groups in total. The van der Waals surface area contributed by atoms with Gasteiger partial charge in [0, 0.05) is 0 Å². The van der Waals surface area contributed by atoms with Gasteiger partial charge in [-0.15, -0.1) is 0 Å². The van der Waals surface area contributed by atoms with Crippen LogP contribution >= 0.6 is 0 Å². The fourth-order valence-electron chi connectivity index (χ4n) is 0.0323. The topological polar surface area (TPSA) is 51.4 Å². The van der Waals surface area contributed by atoms with Gasteiger partial charge in [-0.25, -0.2) is 6.57 Å². The van der Waals surface area contributed by atoms with Gasteiger partial charge in [-0.2, -0.15) is 6.29 Å². The van der Waals surface area contributed by atoms with Crippen LogP contribution in [-0.4, -0.2) is 18.3 Å². The van der Waals surface area contributed by atoms with E-state index in [2.05, 4.69) is 4.85 Å². The summed E-state index contributed by atoms with van der Waals surface area (Å²) in [5.41, 5.74) is 0. The van der Waals surface area contributed by atoms with E-state index in [9.17, 15) is 0 Å². The molecule has 0 aromatic carbocycles. The first-order valence-corrected chi connectivity index (χ1v) is 1.10. The molecule has 0 aliphatic heterocycles. The third-order valence-corrected chi connectivity index (χ3v) is 0.144. The minimum Gasteiger partial charge on any atom is -0.870 e. The molecular formula is C3H3KNO2-. The first-order valence-electron chi connectivity index (χ1n) is 1.10. The molecule has 0 rings (SSSR count). The predicted molar refractivity (Wildman–Crippen MR) is 19.1 cm³/mol. The van der Waals surface area contributed by atoms with E-state index >= 15 is 0 Å². The maximum atomic E-state index is 9.07. The van der Waals surface area contributed by atoms with Crippen molar-refractivity contribution in [1.29, 1.82) is 0 Å². The number of carbonyl (C=O) groups excluding carboxylic acids is 1. The van der Waals surface area contributed by atoms with Crippen molar-refractivity contribution < 1.29 is 61.7 Å². The molecule has 0 spiro atoms. The summed E-state index contributed by atoms with van der Waals surface area (Å²) in [4.78, 5) is 11.7. The third kappa shape index (κ3) is 20.1. The number of hydrogen-bond donors (Lipinski definition) is 0. The second kappa shape index (κ2) is 15.9. The molecule has 0 aromatic heterocycles. The molecule has 0 unspecified atom stereocenters. The molecule has 0 bridgehead atoms. The Morgan fingerprint density at radius 2 is 2.14 bits per heavy atom. The molecule has 0 atom stereocenters. The standard InChI is InChI=1S/C3H2NO.K.H2O/c1-4-2-3-5;;/h2H2;;1H2/q-1;+1;/p-1. The van der Waals surface area contributed by atoms with Crippen molar-refractivity contribution in [3.63, 3.8) is 0 Å². The van der Waals surface area contributed by atoms with Crippen LogP contribution in [0.15, 0.2) is 0 Å². The zero-order valence-electron chi connectivity index (χ0n) is 4.01. The van der Waals surface area contributed by atoms with Crippen LogP contribution in [0.2, 0.25) is 0 Å². The first-order chi connectivity index (χ1) is 2.41. The van der Waals surface area contributed by atoms with Crippen LogP contribution < -0.4 is 51.4 Å². The summed E-state index contributed by atoms with van der Waals surface area (Å²) >= 11 is 0. The minimum atomic E-state index is -0.125. The van der Waals surface area contributed by atoms with Gasteiger partial charge in [-0.3, -0.25) is 0 Å². The zero-order chi connectivity index (χ0) is 4.12. The Bertz CT molecular complexity index is 67.8. The Morgan fingerprint density at radius 1 is 1.71 bits per heavy atom. The summed E-state index contributed by atoms with van der Waals surface area (Å²) in [7, 11) is 0. The van der Waals surface area contributed by atoms with Crippen molar-refractivity contribution in [1.82, 2.24) is 0 Å². The van der Waals surface area contributed by atoms with Gasteiger partial charge in [0.15, 0.2) is 0 Å². The van der Waals surface area contributed by atoms with Crippen LogP contribution in [0.3, 0.4) is 0 Å². The summed E-state index contributed by atoms with van der Waals surface area (Å²) in [5.74, 6) is 0. The van der Waals surface area contributed by atoms with E-state index in [-0.39, 0.29) is 63.4 Å². The molecule has 0 saturated carbocycles. The molecule has 4 heteroatoms. The summed E-state index contributed by atoms with van der Waals surface area (Å²) in [5, 5.41) is 0. The van der Waals surface area contributed by atoms with Crippen molar-refractivity contribution in [2.24, 2.45) is 0 Å². The van der Waals surface area contributed by atoms with Gasteiger partial charge in [-0.1, -0.05) is 0 Å². The fourth-order valence-corrected chi connectivity index (χ4v) is 0.0323. The molecule has 0 amide bonds. The van der Waals surface area contributed by atoms with Crippen molar-refractivity contribution in [3.05, 3.63) is 11.4 Å². The SMILES string of the molecule is [C-]#[N+]C[C-]=O.[K+].[OH-]. The van der Waals surface area contributed by atoms with Crippen LogP contribution in [0, 0.1) is 6.57 Å². The maximum absolute atomic E-state index is 9.07. The Kier molecular flexibility index (Phi) is 35.5. The maximum Gasteiger partial charge on any atom is 1.00 e. The van der Waals surface area contributed by atoms with E-state index in [1.54, 1.807) is 0 Å². The fraction of sp³-hybridized carbons (Fsp3) is 0.333. The normalized spacial score (nSPS) is 3.86. The predicted octanol–water partition coefficient (Wildman–Crippen LogP) is -3.16. The van der Waals surface area contributed by atoms with Crippen molar-refractivity contribution in [2.75, 3.05) is 6.54 Å². The minimum absolute atomic E-state index is 0. The van der Waals surface area contributed by atoms with Gasteiger partial charge in [0.2, 0.25) is 0 Å². The molecule has 0 heterocycles. The van der Waals surface area contributed by atoms with Gasteiger partial charge in [-0.05, 0) is 0 Å². The Labute approximate surface area is 84.6 Å². The monoisotopic (exact) mass is 124 g/mol. The second-order valence-electron chi connectivity index (χ2n) is 0.461. The van der Waals surface area contributed by atoms with E-state index in [4.69, 9.17) is 11.4 Å². The Hall–Kier alpha value is 0.756. The summed E-state index contributed by atoms with van der Waals surface area (Å²) in [6.45, 7) is 5.84. The zero-order valence-corrected chi connectivity index (χ0v) is 7.13. The van der Waals surface area contributed by atoms with E-state index in [0.717, 1.165) is 0 Å². The van der Waals surface area contributed by atoms with Gasteiger partial charge in [0.1, 0.15) is 6.54 Å². The molecule has 0 aromatic rings. The van der Waals surface area contributed by atoms with Gasteiger partial charge in [0.25, 0.3) is 0 Å². The molecule has 0 aliphatic carbocycles. The molecule has 7 heavy (non-hydrogen) atoms. The largest absolute Gasteiger partial charge is 1.00 e. The van der Waals surface area contributed by atoms with Crippen LogP contribution in [0.4, 0.5) is 0 Å². The Balaban J connectivity index is -0.0000000800. The third-order valence-electron chi connectivity index (χ3n) is 0.144. The van der Waals surface area contributed by atoms with Crippen molar-refractivity contribution >= 4 is 6.29 Å². The van der Waals surface area contributed by atoms with E-state index in [0.29, 0.717) is 0 Å². The quantitative estimate of drug-likeness (QED) is 0.274. The molecular weight excluding hydrogens is 121 g/mol. The number of rotatable bonds is 1. The molecule has 0 aliphatic rings. The van der Waals surface area contributed by atoms with Crippen LogP contribution in [0.5, 0.6) is 0 Å². The van der Waals surface area contributed by atoms with Crippen molar-refractivity contribution in [2.45, 2.75) is 0 Å². The number of nitrogens with zero attached hydrogens (tertiary/aromatic N) is 1. The summed E-state index contributed by atoms with van der Waals surface area (Å²) in [6.07, 6.45) is 1.41. The van der Waals surface area contributed by atoms with Crippen LogP contribution in [0.25, 0.3) is 4.85 Å². The number of hydrogen-bond acceptors (Lipinski definition) is 2. The summed E-state index contributed by atoms with van der Waals surface area (Å²) in [6, 6.07) is 0. The molecule has 34 valence electrons. The van der Waals surface area contributed by atoms with Gasteiger partial charge in [0.05, 0.1) is 0 Å². The van der Waals surface area contributed by atoms with Gasteiger partial charge < -0.3 is 15.1 Å². The van der Waals surface area contributed by atoms with E-state index < -0.39 is 0 Å². The molecule has 0 radical (unpaired) electrons. The smallest absolute Gasteiger partial charge is 0.870 e. The second-order valence-corrected chi connectivity index (χ2v) is 0.461. The average molecular weight is 124 g/mol. The summed E-state index contributed by atoms with van der Waals surface area (Å²) < 4.78 is 0. The van der Waals surface area contributed by atoms with Crippen molar-refractivity contribution in [3.8, 4) is 0 Å².